The molecule has 3 heteroatoms. The van der Waals surface area contributed by atoms with E-state index in [0.29, 0.717) is 0 Å². The van der Waals surface area contributed by atoms with Gasteiger partial charge in [-0.15, -0.1) is 0 Å². The second kappa shape index (κ2) is 6.09. The molecule has 0 bridgehead atoms. The molecule has 1 aromatic rings. The molecular weight excluding hydrogens is 240 g/mol. The minimum atomic E-state index is 0.132. The van der Waals surface area contributed by atoms with Crippen molar-refractivity contribution in [3.63, 3.8) is 0 Å². The number of rotatable bonds is 3. The largest absolute Gasteiger partial charge is 0.323 e. The number of benzene rings is 1. The van der Waals surface area contributed by atoms with Crippen molar-refractivity contribution in [2.75, 3.05) is 19.6 Å². The lowest BCUT2D eigenvalue weighted by molar-refractivity contribution is 0.255. The van der Waals surface area contributed by atoms with Crippen molar-refractivity contribution in [1.29, 1.82) is 0 Å². The zero-order valence-corrected chi connectivity index (χ0v) is 12.4. The first-order valence-corrected chi connectivity index (χ1v) is 7.69. The molecule has 3 unspecified atom stereocenters. The van der Waals surface area contributed by atoms with Crippen LogP contribution in [0.1, 0.15) is 31.0 Å². The summed E-state index contributed by atoms with van der Waals surface area (Å²) in [7, 11) is 0. The molecule has 0 radical (unpaired) electrons. The topological polar surface area (TPSA) is 29.3 Å². The van der Waals surface area contributed by atoms with Gasteiger partial charge in [0.2, 0.25) is 0 Å². The first kappa shape index (κ1) is 13.9. The van der Waals surface area contributed by atoms with Crippen molar-refractivity contribution >= 4 is 11.8 Å². The van der Waals surface area contributed by atoms with E-state index in [-0.39, 0.29) is 6.04 Å². The molecule has 1 fully saturated rings. The van der Waals surface area contributed by atoms with Crippen LogP contribution in [-0.2, 0) is 0 Å². The van der Waals surface area contributed by atoms with Gasteiger partial charge in [-0.05, 0) is 12.5 Å². The standard InChI is InChI=1S/C15H24N2S/c1-11-4-6-14(7-5-11)15(16)10-17-8-12(2)18-13(3)9-17/h4-7,12-13,15H,8-10,16H2,1-3H3. The second-order valence-corrected chi connectivity index (χ2v) is 7.37. The van der Waals surface area contributed by atoms with Gasteiger partial charge in [-0.2, -0.15) is 11.8 Å². The zero-order valence-electron chi connectivity index (χ0n) is 11.6. The van der Waals surface area contributed by atoms with Gasteiger partial charge in [-0.3, -0.25) is 4.90 Å². The fourth-order valence-corrected chi connectivity index (χ4v) is 4.02. The van der Waals surface area contributed by atoms with Crippen molar-refractivity contribution in [2.45, 2.75) is 37.3 Å². The van der Waals surface area contributed by atoms with E-state index in [9.17, 15) is 0 Å². The molecule has 1 aromatic carbocycles. The van der Waals surface area contributed by atoms with Gasteiger partial charge in [0.15, 0.2) is 0 Å². The Bertz CT molecular complexity index is 367. The maximum Gasteiger partial charge on any atom is 0.0424 e. The Hall–Kier alpha value is -0.510. The van der Waals surface area contributed by atoms with E-state index in [1.54, 1.807) is 0 Å². The predicted octanol–water partition coefficient (Wildman–Crippen LogP) is 2.82. The van der Waals surface area contributed by atoms with E-state index in [1.807, 2.05) is 0 Å². The molecule has 2 rings (SSSR count). The lowest BCUT2D eigenvalue weighted by Gasteiger charge is -2.36. The van der Waals surface area contributed by atoms with Gasteiger partial charge < -0.3 is 5.73 Å². The van der Waals surface area contributed by atoms with E-state index >= 15 is 0 Å². The molecule has 3 atom stereocenters. The summed E-state index contributed by atoms with van der Waals surface area (Å²) >= 11 is 2.09. The summed E-state index contributed by atoms with van der Waals surface area (Å²) in [4.78, 5) is 2.51. The quantitative estimate of drug-likeness (QED) is 0.910. The normalized spacial score (nSPS) is 27.1. The lowest BCUT2D eigenvalue weighted by Crippen LogP contribution is -2.43. The Morgan fingerprint density at radius 1 is 1.22 bits per heavy atom. The third kappa shape index (κ3) is 3.74. The highest BCUT2D eigenvalue weighted by atomic mass is 32.2. The Balaban J connectivity index is 1.94. The molecule has 0 aliphatic carbocycles. The molecular formula is C15H24N2S. The van der Waals surface area contributed by atoms with Crippen molar-refractivity contribution in [1.82, 2.24) is 4.90 Å². The van der Waals surface area contributed by atoms with Crippen LogP contribution in [0, 0.1) is 6.92 Å². The SMILES string of the molecule is Cc1ccc(C(N)CN2CC(C)SC(C)C2)cc1. The summed E-state index contributed by atoms with van der Waals surface area (Å²) in [6.07, 6.45) is 0. The van der Waals surface area contributed by atoms with Crippen molar-refractivity contribution < 1.29 is 0 Å². The van der Waals surface area contributed by atoms with E-state index in [4.69, 9.17) is 5.73 Å². The average Bonchev–Trinajstić information content (AvgIpc) is 2.28. The fourth-order valence-electron chi connectivity index (χ4n) is 2.63. The third-order valence-electron chi connectivity index (χ3n) is 3.46. The minimum Gasteiger partial charge on any atom is -0.323 e. The number of hydrogen-bond acceptors (Lipinski definition) is 3. The van der Waals surface area contributed by atoms with E-state index in [0.717, 1.165) is 30.1 Å². The summed E-state index contributed by atoms with van der Waals surface area (Å²) in [6.45, 7) is 10.0. The Labute approximate surface area is 115 Å². The van der Waals surface area contributed by atoms with E-state index < -0.39 is 0 Å². The molecule has 1 aliphatic heterocycles. The summed E-state index contributed by atoms with van der Waals surface area (Å²) < 4.78 is 0. The summed E-state index contributed by atoms with van der Waals surface area (Å²) in [5.74, 6) is 0. The molecule has 1 heterocycles. The van der Waals surface area contributed by atoms with Gasteiger partial charge in [0.25, 0.3) is 0 Å². The number of thioether (sulfide) groups is 1. The van der Waals surface area contributed by atoms with Crippen molar-refractivity contribution in [3.8, 4) is 0 Å². The van der Waals surface area contributed by atoms with Crippen LogP contribution < -0.4 is 5.73 Å². The van der Waals surface area contributed by atoms with E-state index in [2.05, 4.69) is 61.7 Å². The van der Waals surface area contributed by atoms with Gasteiger partial charge in [0, 0.05) is 36.2 Å². The maximum atomic E-state index is 6.32. The van der Waals surface area contributed by atoms with Crippen LogP contribution in [0.3, 0.4) is 0 Å². The minimum absolute atomic E-state index is 0.132. The fraction of sp³-hybridized carbons (Fsp3) is 0.600. The van der Waals surface area contributed by atoms with Crippen LogP contribution in [0.5, 0.6) is 0 Å². The van der Waals surface area contributed by atoms with Crippen LogP contribution in [0.15, 0.2) is 24.3 Å². The van der Waals surface area contributed by atoms with Gasteiger partial charge >= 0.3 is 0 Å². The predicted molar refractivity (Wildman–Crippen MR) is 81.1 cm³/mol. The third-order valence-corrected chi connectivity index (χ3v) is 4.68. The van der Waals surface area contributed by atoms with Crippen LogP contribution in [0.25, 0.3) is 0 Å². The lowest BCUT2D eigenvalue weighted by atomic mass is 10.1. The highest BCUT2D eigenvalue weighted by molar-refractivity contribution is 8.00. The van der Waals surface area contributed by atoms with Gasteiger partial charge in [-0.1, -0.05) is 43.7 Å². The second-order valence-electron chi connectivity index (χ2n) is 5.49. The monoisotopic (exact) mass is 264 g/mol. The molecule has 2 nitrogen and oxygen atoms in total. The maximum absolute atomic E-state index is 6.32. The van der Waals surface area contributed by atoms with Crippen LogP contribution in [-0.4, -0.2) is 35.0 Å². The number of hydrogen-bond donors (Lipinski definition) is 1. The van der Waals surface area contributed by atoms with Crippen LogP contribution in [0.2, 0.25) is 0 Å². The number of aryl methyl sites for hydroxylation is 1. The Kier molecular flexibility index (Phi) is 4.71. The summed E-state index contributed by atoms with van der Waals surface area (Å²) in [5.41, 5.74) is 8.86. The molecule has 0 amide bonds. The zero-order chi connectivity index (χ0) is 13.1. The summed E-state index contributed by atoms with van der Waals surface area (Å²) in [6, 6.07) is 8.74. The Morgan fingerprint density at radius 3 is 2.33 bits per heavy atom. The molecule has 100 valence electrons. The highest BCUT2D eigenvalue weighted by Crippen LogP contribution is 2.25. The molecule has 0 spiro atoms. The smallest absolute Gasteiger partial charge is 0.0424 e. The molecule has 1 saturated heterocycles. The van der Waals surface area contributed by atoms with Gasteiger partial charge in [0.05, 0.1) is 0 Å². The molecule has 18 heavy (non-hydrogen) atoms. The first-order valence-electron chi connectivity index (χ1n) is 6.74. The van der Waals surface area contributed by atoms with E-state index in [1.165, 1.54) is 11.1 Å². The van der Waals surface area contributed by atoms with Gasteiger partial charge in [0.1, 0.15) is 0 Å². The van der Waals surface area contributed by atoms with Crippen LogP contribution in [0.4, 0.5) is 0 Å². The highest BCUT2D eigenvalue weighted by Gasteiger charge is 2.23. The molecule has 2 N–H and O–H groups in total. The molecule has 0 saturated carbocycles. The van der Waals surface area contributed by atoms with Gasteiger partial charge in [-0.25, -0.2) is 0 Å². The van der Waals surface area contributed by atoms with Crippen LogP contribution >= 0.6 is 11.8 Å². The molecule has 1 aliphatic rings. The Morgan fingerprint density at radius 2 is 1.78 bits per heavy atom. The van der Waals surface area contributed by atoms with Crippen molar-refractivity contribution in [2.24, 2.45) is 5.73 Å². The number of nitrogens with zero attached hydrogens (tertiary/aromatic N) is 1. The van der Waals surface area contributed by atoms with Crippen molar-refractivity contribution in [3.05, 3.63) is 35.4 Å². The molecule has 0 aromatic heterocycles. The summed E-state index contributed by atoms with van der Waals surface area (Å²) in [5, 5.41) is 1.44. The average molecular weight is 264 g/mol. The first-order chi connectivity index (χ1) is 8.54. The number of nitrogens with two attached hydrogens (primary N) is 1.